The van der Waals surface area contributed by atoms with Crippen LogP contribution in [0.15, 0.2) is 30.3 Å². The third-order valence-corrected chi connectivity index (χ3v) is 3.40. The maximum atomic E-state index is 8.93. The molecule has 3 nitrogen and oxygen atoms in total. The molecule has 1 fully saturated rings. The zero-order valence-electron chi connectivity index (χ0n) is 10.3. The van der Waals surface area contributed by atoms with E-state index >= 15 is 0 Å². The number of piperazine rings is 1. The smallest absolute Gasteiger partial charge is 0.0431 e. The van der Waals surface area contributed by atoms with Gasteiger partial charge in [-0.15, -0.1) is 0 Å². The summed E-state index contributed by atoms with van der Waals surface area (Å²) in [5.41, 5.74) is 1.38. The Morgan fingerprint density at radius 2 is 2.12 bits per heavy atom. The summed E-state index contributed by atoms with van der Waals surface area (Å²) in [6, 6.07) is 11.2. The summed E-state index contributed by atoms with van der Waals surface area (Å²) in [5, 5.41) is 12.4. The van der Waals surface area contributed by atoms with Crippen molar-refractivity contribution in [1.29, 1.82) is 0 Å². The fourth-order valence-corrected chi connectivity index (χ4v) is 2.44. The zero-order chi connectivity index (χ0) is 11.9. The van der Waals surface area contributed by atoms with Crippen molar-refractivity contribution in [1.82, 2.24) is 10.2 Å². The standard InChI is InChI=1S/C14H22N2O/c17-10-4-7-14-11-15-8-9-16(14)12-13-5-2-1-3-6-13/h1-3,5-6,14-15,17H,4,7-12H2/t14-/m0/s1. The molecule has 0 amide bonds. The molecular weight excluding hydrogens is 212 g/mol. The van der Waals surface area contributed by atoms with Crippen LogP contribution in [0.3, 0.4) is 0 Å². The largest absolute Gasteiger partial charge is 0.396 e. The highest BCUT2D eigenvalue weighted by molar-refractivity contribution is 5.14. The number of rotatable bonds is 5. The van der Waals surface area contributed by atoms with E-state index in [2.05, 4.69) is 40.5 Å². The van der Waals surface area contributed by atoms with Gasteiger partial charge in [0.1, 0.15) is 0 Å². The van der Waals surface area contributed by atoms with Crippen LogP contribution in [0.2, 0.25) is 0 Å². The first-order valence-corrected chi connectivity index (χ1v) is 6.49. The quantitative estimate of drug-likeness (QED) is 0.804. The molecule has 2 rings (SSSR count). The van der Waals surface area contributed by atoms with Crippen LogP contribution in [-0.4, -0.2) is 42.3 Å². The normalized spacial score (nSPS) is 21.6. The van der Waals surface area contributed by atoms with Gasteiger partial charge in [-0.25, -0.2) is 0 Å². The predicted molar refractivity (Wildman–Crippen MR) is 69.8 cm³/mol. The van der Waals surface area contributed by atoms with Crippen LogP contribution in [-0.2, 0) is 6.54 Å². The summed E-state index contributed by atoms with van der Waals surface area (Å²) in [4.78, 5) is 2.53. The van der Waals surface area contributed by atoms with Crippen molar-refractivity contribution in [2.45, 2.75) is 25.4 Å². The molecular formula is C14H22N2O. The molecule has 17 heavy (non-hydrogen) atoms. The molecule has 1 aromatic carbocycles. The minimum Gasteiger partial charge on any atom is -0.396 e. The molecule has 1 saturated heterocycles. The Morgan fingerprint density at radius 3 is 2.88 bits per heavy atom. The number of nitrogens with zero attached hydrogens (tertiary/aromatic N) is 1. The number of benzene rings is 1. The van der Waals surface area contributed by atoms with Gasteiger partial charge in [-0.2, -0.15) is 0 Å². The molecule has 0 radical (unpaired) electrons. The first kappa shape index (κ1) is 12.6. The molecule has 0 bridgehead atoms. The van der Waals surface area contributed by atoms with Crippen LogP contribution in [0.25, 0.3) is 0 Å². The lowest BCUT2D eigenvalue weighted by atomic mass is 10.1. The van der Waals surface area contributed by atoms with Crippen molar-refractivity contribution in [3.63, 3.8) is 0 Å². The Kier molecular flexibility index (Phi) is 4.98. The van der Waals surface area contributed by atoms with Crippen LogP contribution < -0.4 is 5.32 Å². The van der Waals surface area contributed by atoms with Crippen LogP contribution in [0.1, 0.15) is 18.4 Å². The molecule has 0 aromatic heterocycles. The average Bonchev–Trinajstić information content (AvgIpc) is 2.39. The van der Waals surface area contributed by atoms with E-state index in [9.17, 15) is 0 Å². The maximum absolute atomic E-state index is 8.93. The number of aliphatic hydroxyl groups is 1. The third-order valence-electron chi connectivity index (χ3n) is 3.40. The van der Waals surface area contributed by atoms with E-state index in [-0.39, 0.29) is 0 Å². The van der Waals surface area contributed by atoms with Gasteiger partial charge in [-0.05, 0) is 18.4 Å². The first-order chi connectivity index (χ1) is 8.40. The minimum atomic E-state index is 0.301. The highest BCUT2D eigenvalue weighted by atomic mass is 16.2. The summed E-state index contributed by atoms with van der Waals surface area (Å²) >= 11 is 0. The predicted octanol–water partition coefficient (Wildman–Crippen LogP) is 1.23. The topological polar surface area (TPSA) is 35.5 Å². The molecule has 2 N–H and O–H groups in total. The molecule has 1 heterocycles. The summed E-state index contributed by atoms with van der Waals surface area (Å²) in [6.07, 6.45) is 1.98. The van der Waals surface area contributed by atoms with Crippen LogP contribution >= 0.6 is 0 Å². The van der Waals surface area contributed by atoms with Crippen LogP contribution in [0, 0.1) is 0 Å². The fourth-order valence-electron chi connectivity index (χ4n) is 2.44. The number of hydrogen-bond donors (Lipinski definition) is 2. The second-order valence-electron chi connectivity index (χ2n) is 4.68. The van der Waals surface area contributed by atoms with E-state index in [1.807, 2.05) is 0 Å². The Hall–Kier alpha value is -0.900. The molecule has 3 heteroatoms. The maximum Gasteiger partial charge on any atom is 0.0431 e. The van der Waals surface area contributed by atoms with Crippen molar-refractivity contribution in [3.05, 3.63) is 35.9 Å². The van der Waals surface area contributed by atoms with Gasteiger partial charge in [-0.1, -0.05) is 30.3 Å². The van der Waals surface area contributed by atoms with E-state index in [0.29, 0.717) is 12.6 Å². The van der Waals surface area contributed by atoms with E-state index in [1.165, 1.54) is 5.56 Å². The Morgan fingerprint density at radius 1 is 1.29 bits per heavy atom. The Labute approximate surface area is 103 Å². The van der Waals surface area contributed by atoms with Gasteiger partial charge in [0.2, 0.25) is 0 Å². The Bertz CT molecular complexity index is 315. The third kappa shape index (κ3) is 3.80. The molecule has 0 aliphatic carbocycles. The highest BCUT2D eigenvalue weighted by Gasteiger charge is 2.21. The number of hydrogen-bond acceptors (Lipinski definition) is 3. The van der Waals surface area contributed by atoms with Crippen LogP contribution in [0.4, 0.5) is 0 Å². The average molecular weight is 234 g/mol. The number of nitrogens with one attached hydrogen (secondary N) is 1. The van der Waals surface area contributed by atoms with Gasteiger partial charge < -0.3 is 10.4 Å². The molecule has 0 unspecified atom stereocenters. The molecule has 0 saturated carbocycles. The van der Waals surface area contributed by atoms with Crippen molar-refractivity contribution in [3.8, 4) is 0 Å². The van der Waals surface area contributed by atoms with Crippen molar-refractivity contribution in [2.75, 3.05) is 26.2 Å². The van der Waals surface area contributed by atoms with Gasteiger partial charge >= 0.3 is 0 Å². The van der Waals surface area contributed by atoms with E-state index in [1.54, 1.807) is 0 Å². The first-order valence-electron chi connectivity index (χ1n) is 6.49. The van der Waals surface area contributed by atoms with Crippen molar-refractivity contribution >= 4 is 0 Å². The summed E-state index contributed by atoms with van der Waals surface area (Å²) in [7, 11) is 0. The fraction of sp³-hybridized carbons (Fsp3) is 0.571. The Balaban J connectivity index is 1.92. The lowest BCUT2D eigenvalue weighted by molar-refractivity contribution is 0.136. The second-order valence-corrected chi connectivity index (χ2v) is 4.68. The zero-order valence-corrected chi connectivity index (χ0v) is 10.3. The molecule has 1 aromatic rings. The molecule has 1 aliphatic heterocycles. The van der Waals surface area contributed by atoms with Gasteiger partial charge in [-0.3, -0.25) is 4.90 Å². The monoisotopic (exact) mass is 234 g/mol. The van der Waals surface area contributed by atoms with Gasteiger partial charge in [0.05, 0.1) is 0 Å². The molecule has 1 atom stereocenters. The van der Waals surface area contributed by atoms with E-state index < -0.39 is 0 Å². The molecule has 94 valence electrons. The highest BCUT2D eigenvalue weighted by Crippen LogP contribution is 2.13. The summed E-state index contributed by atoms with van der Waals surface area (Å²) < 4.78 is 0. The lowest BCUT2D eigenvalue weighted by Crippen LogP contribution is -2.50. The summed E-state index contributed by atoms with van der Waals surface area (Å²) in [6.45, 7) is 4.55. The van der Waals surface area contributed by atoms with Gasteiger partial charge in [0, 0.05) is 38.8 Å². The van der Waals surface area contributed by atoms with Crippen molar-refractivity contribution in [2.24, 2.45) is 0 Å². The van der Waals surface area contributed by atoms with Crippen molar-refractivity contribution < 1.29 is 5.11 Å². The van der Waals surface area contributed by atoms with Gasteiger partial charge in [0.25, 0.3) is 0 Å². The minimum absolute atomic E-state index is 0.301. The van der Waals surface area contributed by atoms with Crippen LogP contribution in [0.5, 0.6) is 0 Å². The molecule has 0 spiro atoms. The number of aliphatic hydroxyl groups excluding tert-OH is 1. The van der Waals surface area contributed by atoms with Gasteiger partial charge in [0.15, 0.2) is 0 Å². The molecule has 1 aliphatic rings. The summed E-state index contributed by atoms with van der Waals surface area (Å²) in [5.74, 6) is 0. The van der Waals surface area contributed by atoms with E-state index in [4.69, 9.17) is 5.11 Å². The second kappa shape index (κ2) is 6.74. The van der Waals surface area contributed by atoms with E-state index in [0.717, 1.165) is 39.0 Å². The SMILES string of the molecule is OCCC[C@H]1CNCCN1Cc1ccccc1. The lowest BCUT2D eigenvalue weighted by Gasteiger charge is -2.36.